The van der Waals surface area contributed by atoms with Crippen LogP contribution in [0.2, 0.25) is 0 Å². The second-order valence-corrected chi connectivity index (χ2v) is 8.47. The van der Waals surface area contributed by atoms with E-state index < -0.39 is 0 Å². The van der Waals surface area contributed by atoms with Crippen molar-refractivity contribution in [1.29, 1.82) is 0 Å². The van der Waals surface area contributed by atoms with Gasteiger partial charge in [-0.25, -0.2) is 4.79 Å². The Labute approximate surface area is 154 Å². The summed E-state index contributed by atoms with van der Waals surface area (Å²) in [5.74, 6) is 2.35. The predicted molar refractivity (Wildman–Crippen MR) is 98.1 cm³/mol. The van der Waals surface area contributed by atoms with Crippen LogP contribution in [0.3, 0.4) is 0 Å². The Bertz CT molecular complexity index is 626. The van der Waals surface area contributed by atoms with E-state index in [1.54, 1.807) is 12.4 Å². The van der Waals surface area contributed by atoms with Crippen LogP contribution in [0.15, 0.2) is 24.5 Å². The second kappa shape index (κ2) is 7.25. The fourth-order valence-corrected chi connectivity index (χ4v) is 5.63. The highest BCUT2D eigenvalue weighted by Crippen LogP contribution is 2.55. The second-order valence-electron chi connectivity index (χ2n) is 8.47. The molecule has 5 rings (SSSR count). The highest BCUT2D eigenvalue weighted by molar-refractivity contribution is 5.78. The van der Waals surface area contributed by atoms with Gasteiger partial charge in [-0.15, -0.1) is 0 Å². The van der Waals surface area contributed by atoms with Gasteiger partial charge in [0.25, 0.3) is 0 Å². The lowest BCUT2D eigenvalue weighted by Crippen LogP contribution is -2.61. The first-order valence-electron chi connectivity index (χ1n) is 9.82. The molecule has 0 unspecified atom stereocenters. The van der Waals surface area contributed by atoms with E-state index in [0.29, 0.717) is 13.1 Å². The Morgan fingerprint density at radius 1 is 1.08 bits per heavy atom. The summed E-state index contributed by atoms with van der Waals surface area (Å²) in [7, 11) is 0. The fourth-order valence-electron chi connectivity index (χ4n) is 5.63. The third-order valence-corrected chi connectivity index (χ3v) is 6.27. The molecule has 0 saturated heterocycles. The number of amides is 3. The molecule has 0 spiro atoms. The minimum Gasteiger partial charge on any atom is -0.352 e. The average Bonchev–Trinajstić information content (AvgIpc) is 2.59. The molecule has 0 aliphatic heterocycles. The molecule has 4 bridgehead atoms. The summed E-state index contributed by atoms with van der Waals surface area (Å²) in [6, 6.07) is 3.65. The number of aromatic nitrogens is 1. The summed E-state index contributed by atoms with van der Waals surface area (Å²) in [5.41, 5.74) is 0.981. The number of nitrogens with one attached hydrogen (secondary N) is 3. The Kier molecular flexibility index (Phi) is 4.83. The zero-order valence-corrected chi connectivity index (χ0v) is 15.2. The van der Waals surface area contributed by atoms with Crippen LogP contribution in [0.5, 0.6) is 0 Å². The van der Waals surface area contributed by atoms with E-state index in [9.17, 15) is 9.59 Å². The van der Waals surface area contributed by atoms with Gasteiger partial charge in [0.15, 0.2) is 0 Å². The van der Waals surface area contributed by atoms with Crippen molar-refractivity contribution in [3.8, 4) is 0 Å². The van der Waals surface area contributed by atoms with Crippen LogP contribution in [0, 0.1) is 17.8 Å². The molecule has 4 saturated carbocycles. The van der Waals surface area contributed by atoms with Crippen molar-refractivity contribution in [2.75, 3.05) is 6.54 Å². The monoisotopic (exact) mass is 356 g/mol. The maximum atomic E-state index is 12.3. The Morgan fingerprint density at radius 2 is 1.77 bits per heavy atom. The minimum absolute atomic E-state index is 0.0153. The lowest BCUT2D eigenvalue weighted by Gasteiger charge is -2.56. The molecule has 3 N–H and O–H groups in total. The van der Waals surface area contributed by atoms with Crippen molar-refractivity contribution in [3.63, 3.8) is 0 Å². The summed E-state index contributed by atoms with van der Waals surface area (Å²) < 4.78 is 0. The molecule has 1 heterocycles. The SMILES string of the molecule is O=C(CCNC(=O)NC12CC3CC(CC(C3)C1)C2)NCc1cccnc1. The summed E-state index contributed by atoms with van der Waals surface area (Å²) in [6.07, 6.45) is 11.2. The molecule has 4 aliphatic carbocycles. The Hall–Kier alpha value is -2.11. The van der Waals surface area contributed by atoms with Crippen LogP contribution in [0.25, 0.3) is 0 Å². The van der Waals surface area contributed by atoms with Crippen molar-refractivity contribution in [3.05, 3.63) is 30.1 Å². The van der Waals surface area contributed by atoms with E-state index in [-0.39, 0.29) is 23.9 Å². The minimum atomic E-state index is -0.119. The van der Waals surface area contributed by atoms with Gasteiger partial charge in [0, 0.05) is 37.4 Å². The molecule has 0 radical (unpaired) electrons. The summed E-state index contributed by atoms with van der Waals surface area (Å²) in [5, 5.41) is 8.98. The molecular formula is C20H28N4O2. The normalized spacial score (nSPS) is 31.5. The first-order valence-corrected chi connectivity index (χ1v) is 9.82. The van der Waals surface area contributed by atoms with Gasteiger partial charge >= 0.3 is 6.03 Å². The van der Waals surface area contributed by atoms with Crippen molar-refractivity contribution in [2.24, 2.45) is 17.8 Å². The first-order chi connectivity index (χ1) is 12.6. The number of urea groups is 1. The molecule has 4 fully saturated rings. The van der Waals surface area contributed by atoms with Crippen LogP contribution in [0.4, 0.5) is 4.79 Å². The van der Waals surface area contributed by atoms with Crippen molar-refractivity contribution < 1.29 is 9.59 Å². The van der Waals surface area contributed by atoms with E-state index in [0.717, 1.165) is 42.6 Å². The first kappa shape index (κ1) is 17.3. The number of carbonyl (C=O) groups is 2. The van der Waals surface area contributed by atoms with Gasteiger partial charge in [-0.2, -0.15) is 0 Å². The van der Waals surface area contributed by atoms with Crippen LogP contribution < -0.4 is 16.0 Å². The van der Waals surface area contributed by atoms with Crippen molar-refractivity contribution in [1.82, 2.24) is 20.9 Å². The largest absolute Gasteiger partial charge is 0.352 e. The van der Waals surface area contributed by atoms with E-state index in [4.69, 9.17) is 0 Å². The number of hydrogen-bond donors (Lipinski definition) is 3. The fraction of sp³-hybridized carbons (Fsp3) is 0.650. The maximum Gasteiger partial charge on any atom is 0.315 e. The summed E-state index contributed by atoms with van der Waals surface area (Å²) in [6.45, 7) is 0.823. The molecule has 140 valence electrons. The topological polar surface area (TPSA) is 83.1 Å². The highest BCUT2D eigenvalue weighted by atomic mass is 16.2. The van der Waals surface area contributed by atoms with Gasteiger partial charge in [-0.1, -0.05) is 6.07 Å². The molecule has 0 aromatic carbocycles. The summed E-state index contributed by atoms with van der Waals surface area (Å²) in [4.78, 5) is 28.3. The standard InChI is InChI=1S/C20H28N4O2/c25-18(23-13-14-2-1-4-21-12-14)3-5-22-19(26)24-20-9-15-6-16(10-20)8-17(7-15)11-20/h1-2,4,12,15-17H,3,5-11,13H2,(H,23,25)(H2,22,24,26). The zero-order valence-electron chi connectivity index (χ0n) is 15.2. The number of pyridine rings is 1. The smallest absolute Gasteiger partial charge is 0.315 e. The number of carbonyl (C=O) groups excluding carboxylic acids is 2. The summed E-state index contributed by atoms with van der Waals surface area (Å²) >= 11 is 0. The van der Waals surface area contributed by atoms with Crippen LogP contribution >= 0.6 is 0 Å². The van der Waals surface area contributed by atoms with Gasteiger partial charge in [-0.3, -0.25) is 9.78 Å². The molecule has 1 aromatic rings. The molecule has 4 aliphatic rings. The van der Waals surface area contributed by atoms with Crippen molar-refractivity contribution in [2.45, 2.75) is 57.0 Å². The number of rotatable bonds is 6. The van der Waals surface area contributed by atoms with Crippen molar-refractivity contribution >= 4 is 11.9 Å². The van der Waals surface area contributed by atoms with Gasteiger partial charge in [0.05, 0.1) is 0 Å². The predicted octanol–water partition coefficient (Wildman–Crippen LogP) is 2.36. The number of nitrogens with zero attached hydrogens (tertiary/aromatic N) is 1. The lowest BCUT2D eigenvalue weighted by molar-refractivity contribution is -0.121. The third-order valence-electron chi connectivity index (χ3n) is 6.27. The molecule has 3 amide bonds. The van der Waals surface area contributed by atoms with Gasteiger partial charge in [0.1, 0.15) is 0 Å². The quantitative estimate of drug-likeness (QED) is 0.732. The molecular weight excluding hydrogens is 328 g/mol. The van der Waals surface area contributed by atoms with E-state index >= 15 is 0 Å². The maximum absolute atomic E-state index is 12.3. The van der Waals surface area contributed by atoms with Gasteiger partial charge in [-0.05, 0) is 67.9 Å². The molecule has 6 nitrogen and oxygen atoms in total. The Balaban J connectivity index is 1.17. The molecule has 6 heteroatoms. The van der Waals surface area contributed by atoms with Gasteiger partial charge < -0.3 is 16.0 Å². The molecule has 1 aromatic heterocycles. The lowest BCUT2D eigenvalue weighted by atomic mass is 9.53. The van der Waals surface area contributed by atoms with Crippen LogP contribution in [-0.2, 0) is 11.3 Å². The van der Waals surface area contributed by atoms with E-state index in [1.807, 2.05) is 12.1 Å². The average molecular weight is 356 g/mol. The molecule has 0 atom stereocenters. The molecule has 26 heavy (non-hydrogen) atoms. The van der Waals surface area contributed by atoms with Gasteiger partial charge in [0.2, 0.25) is 5.91 Å². The van der Waals surface area contributed by atoms with E-state index in [1.165, 1.54) is 19.3 Å². The van der Waals surface area contributed by atoms with Crippen LogP contribution in [-0.4, -0.2) is 29.0 Å². The van der Waals surface area contributed by atoms with Crippen LogP contribution in [0.1, 0.15) is 50.5 Å². The third kappa shape index (κ3) is 4.00. The zero-order chi connectivity index (χ0) is 18.0. The highest BCUT2D eigenvalue weighted by Gasteiger charge is 2.51. The van der Waals surface area contributed by atoms with E-state index in [2.05, 4.69) is 20.9 Å². The number of hydrogen-bond acceptors (Lipinski definition) is 3. The Morgan fingerprint density at radius 3 is 2.38 bits per heavy atom.